The van der Waals surface area contributed by atoms with Gasteiger partial charge >= 0.3 is 0 Å². The number of rotatable bonds is 6. The molecule has 1 aromatic carbocycles. The second-order valence-electron chi connectivity index (χ2n) is 7.34. The lowest BCUT2D eigenvalue weighted by Gasteiger charge is -2.27. The Morgan fingerprint density at radius 3 is 3.00 bits per heavy atom. The number of fused-ring (bicyclic) bond motifs is 1. The van der Waals surface area contributed by atoms with Gasteiger partial charge in [-0.15, -0.1) is 0 Å². The minimum absolute atomic E-state index is 0.118. The van der Waals surface area contributed by atoms with Gasteiger partial charge in [0.15, 0.2) is 5.13 Å². The van der Waals surface area contributed by atoms with Crippen LogP contribution in [0.2, 0.25) is 0 Å². The molecular formula is C22H26N4OS. The van der Waals surface area contributed by atoms with Gasteiger partial charge in [-0.3, -0.25) is 4.99 Å². The summed E-state index contributed by atoms with van der Waals surface area (Å²) < 4.78 is 1.16. The van der Waals surface area contributed by atoms with Crippen LogP contribution in [0.3, 0.4) is 0 Å². The quantitative estimate of drug-likeness (QED) is 0.707. The summed E-state index contributed by atoms with van der Waals surface area (Å²) in [6.07, 6.45) is 12.6. The van der Waals surface area contributed by atoms with Gasteiger partial charge in [0.25, 0.3) is 0 Å². The van der Waals surface area contributed by atoms with Gasteiger partial charge in [0.05, 0.1) is 28.9 Å². The Bertz CT molecular complexity index is 957. The maximum Gasteiger partial charge on any atom is 0.184 e. The van der Waals surface area contributed by atoms with E-state index in [1.54, 1.807) is 11.3 Å². The number of nitrogens with zero attached hydrogens (tertiary/aromatic N) is 3. The van der Waals surface area contributed by atoms with E-state index in [0.717, 1.165) is 52.6 Å². The summed E-state index contributed by atoms with van der Waals surface area (Å²) in [5, 5.41) is 14.5. The van der Waals surface area contributed by atoms with Gasteiger partial charge in [-0.2, -0.15) is 0 Å². The lowest BCUT2D eigenvalue weighted by atomic mass is 9.93. The van der Waals surface area contributed by atoms with Gasteiger partial charge in [-0.1, -0.05) is 48.5 Å². The van der Waals surface area contributed by atoms with E-state index in [1.165, 1.54) is 12.0 Å². The molecule has 28 heavy (non-hydrogen) atoms. The number of benzene rings is 1. The number of amidine groups is 1. The summed E-state index contributed by atoms with van der Waals surface area (Å²) in [7, 11) is 0. The zero-order chi connectivity index (χ0) is 19.3. The van der Waals surface area contributed by atoms with Crippen molar-refractivity contribution in [3.8, 4) is 0 Å². The second-order valence-corrected chi connectivity index (χ2v) is 8.37. The fourth-order valence-electron chi connectivity index (χ4n) is 3.66. The van der Waals surface area contributed by atoms with Crippen LogP contribution >= 0.6 is 11.3 Å². The molecular weight excluding hydrogens is 368 g/mol. The molecule has 0 bridgehead atoms. The first-order chi connectivity index (χ1) is 13.7. The van der Waals surface area contributed by atoms with Crippen molar-refractivity contribution < 1.29 is 5.11 Å². The molecule has 2 heterocycles. The highest BCUT2D eigenvalue weighted by molar-refractivity contribution is 7.22. The second kappa shape index (κ2) is 8.80. The van der Waals surface area contributed by atoms with E-state index in [1.807, 2.05) is 31.2 Å². The molecule has 0 amide bonds. The number of hydrogen-bond acceptors (Lipinski definition) is 6. The van der Waals surface area contributed by atoms with E-state index in [9.17, 15) is 5.11 Å². The third kappa shape index (κ3) is 4.56. The summed E-state index contributed by atoms with van der Waals surface area (Å²) in [6.45, 7) is 2.66. The highest BCUT2D eigenvalue weighted by Crippen LogP contribution is 2.30. The van der Waals surface area contributed by atoms with E-state index >= 15 is 0 Å². The minimum atomic E-state index is -0.271. The molecule has 0 spiro atoms. The number of aliphatic imine (C=N–C) groups is 2. The van der Waals surface area contributed by atoms with Crippen LogP contribution in [0.5, 0.6) is 0 Å². The molecule has 6 heteroatoms. The topological polar surface area (TPSA) is 69.9 Å². The van der Waals surface area contributed by atoms with Gasteiger partial charge in [-0.25, -0.2) is 9.98 Å². The molecule has 146 valence electrons. The maximum atomic E-state index is 10.2. The van der Waals surface area contributed by atoms with Crippen molar-refractivity contribution >= 4 is 38.2 Å². The lowest BCUT2D eigenvalue weighted by Crippen LogP contribution is -2.36. The van der Waals surface area contributed by atoms with Crippen LogP contribution in [0.1, 0.15) is 38.2 Å². The summed E-state index contributed by atoms with van der Waals surface area (Å²) in [4.78, 5) is 13.8. The van der Waals surface area contributed by atoms with Crippen molar-refractivity contribution in [2.45, 2.75) is 51.2 Å². The molecule has 2 aromatic rings. The molecule has 4 rings (SSSR count). The summed E-state index contributed by atoms with van der Waals surface area (Å²) >= 11 is 1.66. The van der Waals surface area contributed by atoms with Crippen LogP contribution < -0.4 is 5.32 Å². The summed E-state index contributed by atoms with van der Waals surface area (Å²) in [6, 6.07) is 6.52. The summed E-state index contributed by atoms with van der Waals surface area (Å²) in [5.41, 5.74) is 3.32. The zero-order valence-electron chi connectivity index (χ0n) is 16.1. The fourth-order valence-corrected chi connectivity index (χ4v) is 4.65. The Balaban J connectivity index is 1.43. The SMILES string of the molecule is C/C=C\C=C/C1=NCC(Cc2ccc3nc(N[C@@H]4CCCC[C@H]4O)sc3c2)=N1. The van der Waals surface area contributed by atoms with Gasteiger partial charge in [0, 0.05) is 12.1 Å². The van der Waals surface area contributed by atoms with Gasteiger partial charge in [0.2, 0.25) is 0 Å². The minimum Gasteiger partial charge on any atom is -0.391 e. The molecule has 5 nitrogen and oxygen atoms in total. The van der Waals surface area contributed by atoms with Crippen LogP contribution in [-0.4, -0.2) is 40.3 Å². The van der Waals surface area contributed by atoms with E-state index in [-0.39, 0.29) is 12.1 Å². The molecule has 2 N–H and O–H groups in total. The van der Waals surface area contributed by atoms with Crippen molar-refractivity contribution in [1.82, 2.24) is 4.98 Å². The molecule has 1 saturated carbocycles. The molecule has 0 radical (unpaired) electrons. The number of aliphatic hydroxyl groups is 1. The maximum absolute atomic E-state index is 10.2. The molecule has 2 atom stereocenters. The molecule has 2 aliphatic rings. The predicted octanol–water partition coefficient (Wildman–Crippen LogP) is 4.54. The number of allylic oxidation sites excluding steroid dienone is 3. The van der Waals surface area contributed by atoms with Crippen molar-refractivity contribution in [1.29, 1.82) is 0 Å². The predicted molar refractivity (Wildman–Crippen MR) is 119 cm³/mol. The first-order valence-electron chi connectivity index (χ1n) is 9.95. The smallest absolute Gasteiger partial charge is 0.184 e. The molecule has 1 aliphatic heterocycles. The lowest BCUT2D eigenvalue weighted by molar-refractivity contribution is 0.116. The Labute approximate surface area is 169 Å². The van der Waals surface area contributed by atoms with Crippen LogP contribution in [0.4, 0.5) is 5.13 Å². The number of anilines is 1. The highest BCUT2D eigenvalue weighted by atomic mass is 32.1. The Morgan fingerprint density at radius 2 is 2.14 bits per heavy atom. The largest absolute Gasteiger partial charge is 0.391 e. The number of aliphatic hydroxyl groups excluding tert-OH is 1. The average Bonchev–Trinajstić information content (AvgIpc) is 3.30. The Hall–Kier alpha value is -2.31. The van der Waals surface area contributed by atoms with E-state index in [4.69, 9.17) is 4.98 Å². The van der Waals surface area contributed by atoms with Crippen molar-refractivity contribution in [3.05, 3.63) is 48.1 Å². The third-order valence-electron chi connectivity index (χ3n) is 5.14. The Kier molecular flexibility index (Phi) is 5.98. The van der Waals surface area contributed by atoms with E-state index < -0.39 is 0 Å². The third-order valence-corrected chi connectivity index (χ3v) is 6.09. The van der Waals surface area contributed by atoms with Crippen molar-refractivity contribution in [3.63, 3.8) is 0 Å². The summed E-state index contributed by atoms with van der Waals surface area (Å²) in [5.74, 6) is 0.796. The standard InChI is InChI=1S/C22H26N4OS/c1-2-3-4-9-21-23-14-16(24-21)12-15-10-11-18-20(13-15)28-22(26-18)25-17-7-5-6-8-19(17)27/h2-4,9-11,13,17,19,27H,5-8,12,14H2,1H3,(H,25,26)/b3-2-,9-4-/t17-,19-/m1/s1. The Morgan fingerprint density at radius 1 is 1.25 bits per heavy atom. The van der Waals surface area contributed by atoms with Crippen LogP contribution in [0.15, 0.2) is 52.5 Å². The van der Waals surface area contributed by atoms with Crippen LogP contribution in [-0.2, 0) is 6.42 Å². The number of thiazole rings is 1. The molecule has 1 fully saturated rings. The molecule has 1 aromatic heterocycles. The zero-order valence-corrected chi connectivity index (χ0v) is 17.0. The number of nitrogens with one attached hydrogen (secondary N) is 1. The fraction of sp³-hybridized carbons (Fsp3) is 0.409. The molecule has 1 aliphatic carbocycles. The molecule has 0 saturated heterocycles. The van der Waals surface area contributed by atoms with Gasteiger partial charge in [-0.05, 0) is 43.5 Å². The number of hydrogen-bond donors (Lipinski definition) is 2. The normalized spacial score (nSPS) is 22.9. The first kappa shape index (κ1) is 19.0. The van der Waals surface area contributed by atoms with Crippen LogP contribution in [0.25, 0.3) is 10.2 Å². The van der Waals surface area contributed by atoms with E-state index in [0.29, 0.717) is 6.54 Å². The van der Waals surface area contributed by atoms with Gasteiger partial charge in [0.1, 0.15) is 5.84 Å². The van der Waals surface area contributed by atoms with Crippen LogP contribution in [0, 0.1) is 0 Å². The highest BCUT2D eigenvalue weighted by Gasteiger charge is 2.23. The monoisotopic (exact) mass is 394 g/mol. The first-order valence-corrected chi connectivity index (χ1v) is 10.8. The van der Waals surface area contributed by atoms with E-state index in [2.05, 4.69) is 33.5 Å². The molecule has 0 unspecified atom stereocenters. The average molecular weight is 395 g/mol. The van der Waals surface area contributed by atoms with Crippen molar-refractivity contribution in [2.24, 2.45) is 9.98 Å². The number of aromatic nitrogens is 1. The van der Waals surface area contributed by atoms with Crippen molar-refractivity contribution in [2.75, 3.05) is 11.9 Å². The van der Waals surface area contributed by atoms with Gasteiger partial charge < -0.3 is 10.4 Å².